The number of hydrogen-bond acceptors (Lipinski definition) is 1. The van der Waals surface area contributed by atoms with Gasteiger partial charge in [0.15, 0.2) is 0 Å². The van der Waals surface area contributed by atoms with Crippen LogP contribution in [0.5, 0.6) is 0 Å². The molecular weight excluding hydrogens is 191 g/mol. The SMILES string of the molecule is CC(C)N1C(C)CCCC1C(F)(F)F. The Bertz CT molecular complexity index is 188. The molecule has 0 spiro atoms. The molecule has 0 aromatic carbocycles. The summed E-state index contributed by atoms with van der Waals surface area (Å²) in [5.41, 5.74) is 0. The lowest BCUT2D eigenvalue weighted by molar-refractivity contribution is -0.203. The summed E-state index contributed by atoms with van der Waals surface area (Å²) in [5, 5.41) is 0. The number of rotatable bonds is 1. The Balaban J connectivity index is 2.80. The summed E-state index contributed by atoms with van der Waals surface area (Å²) in [5.74, 6) is 0. The quantitative estimate of drug-likeness (QED) is 0.641. The van der Waals surface area contributed by atoms with E-state index < -0.39 is 12.2 Å². The van der Waals surface area contributed by atoms with Crippen LogP contribution in [0.15, 0.2) is 0 Å². The Morgan fingerprint density at radius 1 is 1.21 bits per heavy atom. The third-order valence-electron chi connectivity index (χ3n) is 2.94. The summed E-state index contributed by atoms with van der Waals surface area (Å²) in [4.78, 5) is 1.60. The summed E-state index contributed by atoms with van der Waals surface area (Å²) < 4.78 is 38.1. The Morgan fingerprint density at radius 2 is 1.79 bits per heavy atom. The number of hydrogen-bond donors (Lipinski definition) is 0. The van der Waals surface area contributed by atoms with E-state index in [-0.39, 0.29) is 18.5 Å². The van der Waals surface area contributed by atoms with Crippen molar-refractivity contribution in [3.05, 3.63) is 0 Å². The van der Waals surface area contributed by atoms with Gasteiger partial charge in [0.1, 0.15) is 6.04 Å². The largest absolute Gasteiger partial charge is 0.404 e. The zero-order chi connectivity index (χ0) is 10.9. The number of halogens is 3. The molecule has 14 heavy (non-hydrogen) atoms. The highest BCUT2D eigenvalue weighted by Crippen LogP contribution is 2.35. The minimum absolute atomic E-state index is 0.0306. The number of likely N-dealkylation sites (tertiary alicyclic amines) is 1. The molecule has 1 fully saturated rings. The highest BCUT2D eigenvalue weighted by atomic mass is 19.4. The molecule has 1 aliphatic heterocycles. The third kappa shape index (κ3) is 2.41. The highest BCUT2D eigenvalue weighted by molar-refractivity contribution is 4.88. The molecule has 4 heteroatoms. The fourth-order valence-electron chi connectivity index (χ4n) is 2.41. The van der Waals surface area contributed by atoms with Gasteiger partial charge in [-0.2, -0.15) is 13.2 Å². The van der Waals surface area contributed by atoms with Crippen LogP contribution in [-0.2, 0) is 0 Å². The Kier molecular flexibility index (Phi) is 3.45. The van der Waals surface area contributed by atoms with E-state index in [4.69, 9.17) is 0 Å². The van der Waals surface area contributed by atoms with Gasteiger partial charge in [0.05, 0.1) is 0 Å². The summed E-state index contributed by atoms with van der Waals surface area (Å²) in [7, 11) is 0. The van der Waals surface area contributed by atoms with Crippen LogP contribution in [-0.4, -0.2) is 29.2 Å². The maximum absolute atomic E-state index is 12.7. The average molecular weight is 209 g/mol. The standard InChI is InChI=1S/C10H18F3N/c1-7(2)14-8(3)5-4-6-9(14)10(11,12)13/h7-9H,4-6H2,1-3H3. The predicted octanol–water partition coefficient (Wildman–Crippen LogP) is 3.20. The van der Waals surface area contributed by atoms with Crippen LogP contribution in [0.3, 0.4) is 0 Å². The van der Waals surface area contributed by atoms with Crippen molar-refractivity contribution in [3.63, 3.8) is 0 Å². The van der Waals surface area contributed by atoms with Crippen molar-refractivity contribution in [2.24, 2.45) is 0 Å². The maximum atomic E-state index is 12.7. The van der Waals surface area contributed by atoms with E-state index in [1.807, 2.05) is 20.8 Å². The lowest BCUT2D eigenvalue weighted by atomic mass is 9.94. The molecular formula is C10H18F3N. The maximum Gasteiger partial charge on any atom is 0.404 e. The number of alkyl halides is 3. The molecule has 1 aliphatic rings. The lowest BCUT2D eigenvalue weighted by Crippen LogP contribution is -2.55. The second kappa shape index (κ2) is 4.09. The molecule has 0 aromatic rings. The molecule has 1 saturated heterocycles. The summed E-state index contributed by atoms with van der Waals surface area (Å²) in [6.07, 6.45) is -2.25. The third-order valence-corrected chi connectivity index (χ3v) is 2.94. The van der Waals surface area contributed by atoms with Gasteiger partial charge in [0, 0.05) is 12.1 Å². The van der Waals surface area contributed by atoms with Crippen molar-refractivity contribution < 1.29 is 13.2 Å². The van der Waals surface area contributed by atoms with E-state index in [0.29, 0.717) is 6.42 Å². The smallest absolute Gasteiger partial charge is 0.287 e. The van der Waals surface area contributed by atoms with Gasteiger partial charge >= 0.3 is 6.18 Å². The molecule has 1 heterocycles. The molecule has 0 amide bonds. The fraction of sp³-hybridized carbons (Fsp3) is 1.00. The molecule has 0 radical (unpaired) electrons. The minimum atomic E-state index is -4.07. The number of piperidine rings is 1. The number of nitrogens with zero attached hydrogens (tertiary/aromatic N) is 1. The zero-order valence-corrected chi connectivity index (χ0v) is 8.93. The topological polar surface area (TPSA) is 3.24 Å². The second-order valence-electron chi connectivity index (χ2n) is 4.38. The Hall–Kier alpha value is -0.250. The van der Waals surface area contributed by atoms with E-state index in [2.05, 4.69) is 0 Å². The van der Waals surface area contributed by atoms with Crippen LogP contribution >= 0.6 is 0 Å². The average Bonchev–Trinajstić information content (AvgIpc) is 2.01. The second-order valence-corrected chi connectivity index (χ2v) is 4.38. The first-order chi connectivity index (χ1) is 6.34. The van der Waals surface area contributed by atoms with Crippen LogP contribution in [0, 0.1) is 0 Å². The molecule has 1 rings (SSSR count). The van der Waals surface area contributed by atoms with Crippen molar-refractivity contribution in [2.75, 3.05) is 0 Å². The van der Waals surface area contributed by atoms with Gasteiger partial charge in [-0.15, -0.1) is 0 Å². The van der Waals surface area contributed by atoms with Crippen molar-refractivity contribution in [1.29, 1.82) is 0 Å². The van der Waals surface area contributed by atoms with Gasteiger partial charge in [-0.25, -0.2) is 0 Å². The predicted molar refractivity (Wildman–Crippen MR) is 50.1 cm³/mol. The molecule has 0 bridgehead atoms. The summed E-state index contributed by atoms with van der Waals surface area (Å²) in [6, 6.07) is -1.21. The van der Waals surface area contributed by atoms with Crippen molar-refractivity contribution in [1.82, 2.24) is 4.90 Å². The molecule has 2 atom stereocenters. The fourth-order valence-corrected chi connectivity index (χ4v) is 2.41. The van der Waals surface area contributed by atoms with Gasteiger partial charge < -0.3 is 0 Å². The highest BCUT2D eigenvalue weighted by Gasteiger charge is 2.46. The van der Waals surface area contributed by atoms with E-state index >= 15 is 0 Å². The van der Waals surface area contributed by atoms with Crippen molar-refractivity contribution in [2.45, 2.75) is 64.3 Å². The van der Waals surface area contributed by atoms with Gasteiger partial charge in [-0.3, -0.25) is 4.90 Å². The Labute approximate surface area is 83.3 Å². The molecule has 0 aliphatic carbocycles. The zero-order valence-electron chi connectivity index (χ0n) is 8.93. The first-order valence-electron chi connectivity index (χ1n) is 5.18. The van der Waals surface area contributed by atoms with Gasteiger partial charge in [0.25, 0.3) is 0 Å². The van der Waals surface area contributed by atoms with Gasteiger partial charge in [-0.1, -0.05) is 0 Å². The van der Waals surface area contributed by atoms with Crippen molar-refractivity contribution >= 4 is 0 Å². The van der Waals surface area contributed by atoms with Crippen LogP contribution < -0.4 is 0 Å². The van der Waals surface area contributed by atoms with Crippen LogP contribution in [0.25, 0.3) is 0 Å². The lowest BCUT2D eigenvalue weighted by Gasteiger charge is -2.43. The molecule has 0 saturated carbocycles. The van der Waals surface area contributed by atoms with Gasteiger partial charge in [0.2, 0.25) is 0 Å². The van der Waals surface area contributed by atoms with Crippen LogP contribution in [0.2, 0.25) is 0 Å². The first-order valence-corrected chi connectivity index (χ1v) is 5.18. The summed E-state index contributed by atoms with van der Waals surface area (Å²) >= 11 is 0. The minimum Gasteiger partial charge on any atom is -0.287 e. The van der Waals surface area contributed by atoms with E-state index in [0.717, 1.165) is 6.42 Å². The van der Waals surface area contributed by atoms with Gasteiger partial charge in [-0.05, 0) is 40.0 Å². The van der Waals surface area contributed by atoms with Crippen LogP contribution in [0.4, 0.5) is 13.2 Å². The molecule has 0 N–H and O–H groups in total. The van der Waals surface area contributed by atoms with E-state index in [1.54, 1.807) is 4.90 Å². The molecule has 84 valence electrons. The monoisotopic (exact) mass is 209 g/mol. The van der Waals surface area contributed by atoms with E-state index in [1.165, 1.54) is 0 Å². The summed E-state index contributed by atoms with van der Waals surface area (Å²) in [6.45, 7) is 5.55. The molecule has 1 nitrogen and oxygen atoms in total. The first kappa shape index (κ1) is 11.8. The van der Waals surface area contributed by atoms with E-state index in [9.17, 15) is 13.2 Å². The van der Waals surface area contributed by atoms with Crippen LogP contribution in [0.1, 0.15) is 40.0 Å². The molecule has 0 aromatic heterocycles. The normalized spacial score (nSPS) is 31.1. The Morgan fingerprint density at radius 3 is 2.14 bits per heavy atom. The molecule has 2 unspecified atom stereocenters. The van der Waals surface area contributed by atoms with Crippen molar-refractivity contribution in [3.8, 4) is 0 Å².